The van der Waals surface area contributed by atoms with Crippen LogP contribution in [0.2, 0.25) is 5.02 Å². The first kappa shape index (κ1) is 12.1. The van der Waals surface area contributed by atoms with Crippen LogP contribution in [0.25, 0.3) is 22.6 Å². The summed E-state index contributed by atoms with van der Waals surface area (Å²) in [7, 11) is 0. The molecule has 0 saturated carbocycles. The molecular weight excluding hydrogens is 260 g/mol. The Bertz CT molecular complexity index is 777. The molecule has 0 amide bonds. The molecule has 3 rings (SSSR count). The SMILES string of the molecule is Cc1cc(C)c2nc(-c3cccc(Cl)c3)oc2c1N. The highest BCUT2D eigenvalue weighted by Crippen LogP contribution is 2.32. The average Bonchev–Trinajstić information content (AvgIpc) is 2.82. The first-order valence-corrected chi connectivity index (χ1v) is 6.36. The molecule has 0 fully saturated rings. The highest BCUT2D eigenvalue weighted by atomic mass is 35.5. The van der Waals surface area contributed by atoms with Crippen molar-refractivity contribution in [2.75, 3.05) is 5.73 Å². The summed E-state index contributed by atoms with van der Waals surface area (Å²) >= 11 is 5.99. The molecule has 0 spiro atoms. The van der Waals surface area contributed by atoms with Crippen molar-refractivity contribution in [3.05, 3.63) is 46.5 Å². The maximum atomic E-state index is 6.05. The van der Waals surface area contributed by atoms with Crippen LogP contribution in [0.5, 0.6) is 0 Å². The number of hydrogen-bond acceptors (Lipinski definition) is 3. The van der Waals surface area contributed by atoms with Gasteiger partial charge in [-0.05, 0) is 43.2 Å². The fourth-order valence-corrected chi connectivity index (χ4v) is 2.36. The molecule has 96 valence electrons. The zero-order valence-electron chi connectivity index (χ0n) is 10.7. The standard InChI is InChI=1S/C15H13ClN2O/c1-8-6-9(2)13-14(12(8)17)19-15(18-13)10-4-3-5-11(16)7-10/h3-7H,17H2,1-2H3. The van der Waals surface area contributed by atoms with E-state index >= 15 is 0 Å². The zero-order chi connectivity index (χ0) is 13.6. The summed E-state index contributed by atoms with van der Waals surface area (Å²) in [5.74, 6) is 0.540. The molecule has 0 aliphatic rings. The first-order chi connectivity index (χ1) is 9.06. The van der Waals surface area contributed by atoms with Crippen LogP contribution in [-0.4, -0.2) is 4.98 Å². The number of halogens is 1. The van der Waals surface area contributed by atoms with E-state index in [9.17, 15) is 0 Å². The van der Waals surface area contributed by atoms with Gasteiger partial charge in [-0.2, -0.15) is 0 Å². The third-order valence-electron chi connectivity index (χ3n) is 3.17. The third-order valence-corrected chi connectivity index (χ3v) is 3.41. The Hall–Kier alpha value is -2.00. The van der Waals surface area contributed by atoms with Crippen LogP contribution in [0.4, 0.5) is 5.69 Å². The van der Waals surface area contributed by atoms with Crippen LogP contribution in [0.15, 0.2) is 34.7 Å². The smallest absolute Gasteiger partial charge is 0.227 e. The van der Waals surface area contributed by atoms with Gasteiger partial charge in [-0.25, -0.2) is 4.98 Å². The van der Waals surface area contributed by atoms with E-state index in [2.05, 4.69) is 4.98 Å². The quantitative estimate of drug-likeness (QED) is 0.670. The van der Waals surface area contributed by atoms with Gasteiger partial charge in [0.15, 0.2) is 5.58 Å². The van der Waals surface area contributed by atoms with Crippen molar-refractivity contribution in [2.24, 2.45) is 0 Å². The second-order valence-electron chi connectivity index (χ2n) is 4.63. The number of aryl methyl sites for hydroxylation is 2. The molecular formula is C15H13ClN2O. The first-order valence-electron chi connectivity index (χ1n) is 5.98. The van der Waals surface area contributed by atoms with Crippen LogP contribution in [0, 0.1) is 13.8 Å². The van der Waals surface area contributed by atoms with Gasteiger partial charge in [-0.3, -0.25) is 0 Å². The summed E-state index contributed by atoms with van der Waals surface area (Å²) in [6, 6.07) is 9.44. The van der Waals surface area contributed by atoms with E-state index in [4.69, 9.17) is 21.8 Å². The summed E-state index contributed by atoms with van der Waals surface area (Å²) in [4.78, 5) is 4.52. The summed E-state index contributed by atoms with van der Waals surface area (Å²) in [5, 5.41) is 0.653. The second-order valence-corrected chi connectivity index (χ2v) is 5.07. The van der Waals surface area contributed by atoms with Gasteiger partial charge >= 0.3 is 0 Å². The number of nitrogens with two attached hydrogens (primary N) is 1. The fraction of sp³-hybridized carbons (Fsp3) is 0.133. The van der Waals surface area contributed by atoms with Gasteiger partial charge in [0.1, 0.15) is 5.52 Å². The van der Waals surface area contributed by atoms with Crippen molar-refractivity contribution in [3.8, 4) is 11.5 Å². The lowest BCUT2D eigenvalue weighted by Crippen LogP contribution is -1.91. The lowest BCUT2D eigenvalue weighted by molar-refractivity contribution is 0.621. The van der Waals surface area contributed by atoms with Crippen molar-refractivity contribution in [2.45, 2.75) is 13.8 Å². The van der Waals surface area contributed by atoms with Gasteiger partial charge in [0.2, 0.25) is 5.89 Å². The van der Waals surface area contributed by atoms with Crippen LogP contribution in [0.3, 0.4) is 0 Å². The van der Waals surface area contributed by atoms with E-state index in [-0.39, 0.29) is 0 Å². The molecule has 2 aromatic carbocycles. The topological polar surface area (TPSA) is 52.0 Å². The van der Waals surface area contributed by atoms with Crippen molar-refractivity contribution >= 4 is 28.4 Å². The van der Waals surface area contributed by atoms with Gasteiger partial charge in [0.05, 0.1) is 5.69 Å². The molecule has 2 N–H and O–H groups in total. The summed E-state index contributed by atoms with van der Waals surface area (Å²) in [6.45, 7) is 3.96. The molecule has 3 aromatic rings. The van der Waals surface area contributed by atoms with Crippen molar-refractivity contribution in [1.29, 1.82) is 0 Å². The Balaban J connectivity index is 2.28. The third kappa shape index (κ3) is 1.96. The van der Waals surface area contributed by atoms with Gasteiger partial charge in [-0.1, -0.05) is 23.7 Å². The molecule has 0 aliphatic heterocycles. The van der Waals surface area contributed by atoms with E-state index in [1.165, 1.54) is 0 Å². The minimum Gasteiger partial charge on any atom is -0.434 e. The van der Waals surface area contributed by atoms with Gasteiger partial charge in [-0.15, -0.1) is 0 Å². The number of oxazole rings is 1. The Morgan fingerprint density at radius 1 is 1.16 bits per heavy atom. The van der Waals surface area contributed by atoms with Crippen LogP contribution < -0.4 is 5.73 Å². The predicted octanol–water partition coefficient (Wildman–Crippen LogP) is 4.35. The number of hydrogen-bond donors (Lipinski definition) is 1. The Morgan fingerprint density at radius 2 is 1.95 bits per heavy atom. The number of benzene rings is 2. The Kier molecular flexibility index (Phi) is 2.72. The van der Waals surface area contributed by atoms with Gasteiger partial charge in [0.25, 0.3) is 0 Å². The van der Waals surface area contributed by atoms with Gasteiger partial charge < -0.3 is 10.2 Å². The van der Waals surface area contributed by atoms with E-state index in [1.807, 2.05) is 44.2 Å². The number of rotatable bonds is 1. The van der Waals surface area contributed by atoms with E-state index < -0.39 is 0 Å². The monoisotopic (exact) mass is 272 g/mol. The van der Waals surface area contributed by atoms with Crippen LogP contribution in [0.1, 0.15) is 11.1 Å². The van der Waals surface area contributed by atoms with Crippen LogP contribution >= 0.6 is 11.6 Å². The lowest BCUT2D eigenvalue weighted by Gasteiger charge is -2.01. The maximum absolute atomic E-state index is 6.05. The molecule has 0 radical (unpaired) electrons. The van der Waals surface area contributed by atoms with Crippen molar-refractivity contribution in [1.82, 2.24) is 4.98 Å². The Labute approximate surface area is 116 Å². The van der Waals surface area contributed by atoms with Crippen LogP contribution in [-0.2, 0) is 0 Å². The van der Waals surface area contributed by atoms with Gasteiger partial charge in [0, 0.05) is 10.6 Å². The lowest BCUT2D eigenvalue weighted by atomic mass is 10.1. The number of nitrogens with zero attached hydrogens (tertiary/aromatic N) is 1. The molecule has 0 saturated heterocycles. The maximum Gasteiger partial charge on any atom is 0.227 e. The summed E-state index contributed by atoms with van der Waals surface area (Å²) < 4.78 is 5.81. The van der Waals surface area contributed by atoms with E-state index in [0.717, 1.165) is 22.2 Å². The minimum atomic E-state index is 0.540. The minimum absolute atomic E-state index is 0.540. The van der Waals surface area contributed by atoms with Crippen molar-refractivity contribution in [3.63, 3.8) is 0 Å². The number of anilines is 1. The highest BCUT2D eigenvalue weighted by Gasteiger charge is 2.14. The molecule has 0 aliphatic carbocycles. The van der Waals surface area contributed by atoms with E-state index in [1.54, 1.807) is 0 Å². The average molecular weight is 273 g/mol. The molecule has 1 heterocycles. The summed E-state index contributed by atoms with van der Waals surface area (Å²) in [6.07, 6.45) is 0. The molecule has 1 aromatic heterocycles. The predicted molar refractivity (Wildman–Crippen MR) is 78.3 cm³/mol. The molecule has 0 atom stereocenters. The summed E-state index contributed by atoms with van der Waals surface area (Å²) in [5.41, 5.74) is 11.0. The normalized spacial score (nSPS) is 11.1. The van der Waals surface area contributed by atoms with Crippen molar-refractivity contribution < 1.29 is 4.42 Å². The molecule has 0 unspecified atom stereocenters. The second kappa shape index (κ2) is 4.28. The Morgan fingerprint density at radius 3 is 2.68 bits per heavy atom. The molecule has 19 heavy (non-hydrogen) atoms. The molecule has 0 bridgehead atoms. The highest BCUT2D eigenvalue weighted by molar-refractivity contribution is 6.30. The number of nitrogen functional groups attached to an aromatic ring is 1. The largest absolute Gasteiger partial charge is 0.434 e. The zero-order valence-corrected chi connectivity index (χ0v) is 11.5. The number of aromatic nitrogens is 1. The fourth-order valence-electron chi connectivity index (χ4n) is 2.16. The molecule has 4 heteroatoms. The number of fused-ring (bicyclic) bond motifs is 1. The molecule has 3 nitrogen and oxygen atoms in total. The van der Waals surface area contributed by atoms with E-state index in [0.29, 0.717) is 22.2 Å².